The van der Waals surface area contributed by atoms with E-state index >= 15 is 0 Å². The van der Waals surface area contributed by atoms with Gasteiger partial charge < -0.3 is 0 Å². The molecule has 1 aromatic carbocycles. The number of barbiturate groups is 1. The van der Waals surface area contributed by atoms with Crippen LogP contribution in [0.1, 0.15) is 19.4 Å². The first-order chi connectivity index (χ1) is 9.23. The molecule has 20 heavy (non-hydrogen) atoms. The molecule has 1 aromatic rings. The van der Waals surface area contributed by atoms with Crippen molar-refractivity contribution in [1.82, 2.24) is 10.2 Å². The molecule has 5 nitrogen and oxygen atoms in total. The summed E-state index contributed by atoms with van der Waals surface area (Å²) in [5, 5.41) is 2.03. The molecule has 1 saturated heterocycles. The normalized spacial score (nSPS) is 18.2. The first kappa shape index (κ1) is 14.1. The topological polar surface area (TPSA) is 66.5 Å². The van der Waals surface area contributed by atoms with Crippen molar-refractivity contribution in [3.05, 3.63) is 35.4 Å². The van der Waals surface area contributed by atoms with E-state index in [1.54, 1.807) is 0 Å². The maximum absolute atomic E-state index is 13.6. The summed E-state index contributed by atoms with van der Waals surface area (Å²) in [6.45, 7) is 2.36. The Bertz CT molecular complexity index is 614. The predicted octanol–water partition coefficient (Wildman–Crippen LogP) is 1.57. The first-order valence-electron chi connectivity index (χ1n) is 5.85. The van der Waals surface area contributed by atoms with Gasteiger partial charge in [0.05, 0.1) is 6.54 Å². The van der Waals surface area contributed by atoms with Crippen molar-refractivity contribution < 1.29 is 23.2 Å². The number of nitrogens with one attached hydrogen (secondary N) is 1. The molecule has 0 saturated carbocycles. The van der Waals surface area contributed by atoms with Gasteiger partial charge in [-0.05, 0) is 19.9 Å². The van der Waals surface area contributed by atoms with Crippen LogP contribution in [0.15, 0.2) is 18.2 Å². The number of carbonyl (C=O) groups is 3. The summed E-state index contributed by atoms with van der Waals surface area (Å²) in [7, 11) is 0. The van der Waals surface area contributed by atoms with Gasteiger partial charge in [-0.2, -0.15) is 0 Å². The monoisotopic (exact) mass is 282 g/mol. The zero-order chi connectivity index (χ0) is 15.1. The van der Waals surface area contributed by atoms with Crippen LogP contribution in [0.3, 0.4) is 0 Å². The number of hydrogen-bond acceptors (Lipinski definition) is 3. The van der Waals surface area contributed by atoms with Gasteiger partial charge in [0, 0.05) is 11.6 Å². The van der Waals surface area contributed by atoms with E-state index in [9.17, 15) is 23.2 Å². The van der Waals surface area contributed by atoms with Crippen LogP contribution in [-0.2, 0) is 16.1 Å². The second-order valence-corrected chi connectivity index (χ2v) is 5.01. The van der Waals surface area contributed by atoms with Gasteiger partial charge in [-0.15, -0.1) is 0 Å². The lowest BCUT2D eigenvalue weighted by Crippen LogP contribution is -2.61. The maximum atomic E-state index is 13.6. The molecular weight excluding hydrogens is 270 g/mol. The van der Waals surface area contributed by atoms with Crippen LogP contribution < -0.4 is 5.32 Å². The number of carbonyl (C=O) groups excluding carboxylic acids is 3. The van der Waals surface area contributed by atoms with Crippen LogP contribution >= 0.6 is 0 Å². The molecule has 1 fully saturated rings. The lowest BCUT2D eigenvalue weighted by atomic mass is 9.88. The van der Waals surface area contributed by atoms with Crippen LogP contribution in [-0.4, -0.2) is 22.7 Å². The number of halogens is 2. The van der Waals surface area contributed by atoms with Gasteiger partial charge >= 0.3 is 6.03 Å². The Balaban J connectivity index is 2.30. The van der Waals surface area contributed by atoms with Crippen LogP contribution in [0.4, 0.5) is 13.6 Å². The fourth-order valence-electron chi connectivity index (χ4n) is 1.81. The van der Waals surface area contributed by atoms with Crippen molar-refractivity contribution in [2.45, 2.75) is 20.4 Å². The van der Waals surface area contributed by atoms with E-state index in [1.807, 2.05) is 5.32 Å². The summed E-state index contributed by atoms with van der Waals surface area (Å²) in [5.74, 6) is -3.05. The van der Waals surface area contributed by atoms with Crippen LogP contribution in [0.2, 0.25) is 0 Å². The number of nitrogens with zero attached hydrogens (tertiary/aromatic N) is 1. The summed E-state index contributed by atoms with van der Waals surface area (Å²) in [6, 6.07) is 1.93. The number of imide groups is 2. The lowest BCUT2D eigenvalue weighted by Gasteiger charge is -2.34. The average molecular weight is 282 g/mol. The molecule has 7 heteroatoms. The third-order valence-corrected chi connectivity index (χ3v) is 3.16. The molecule has 1 heterocycles. The van der Waals surface area contributed by atoms with E-state index in [4.69, 9.17) is 0 Å². The highest BCUT2D eigenvalue weighted by molar-refractivity contribution is 6.18. The standard InChI is InChI=1S/C13H12F2N2O3/c1-13(2)10(18)16-12(20)17(11(13)19)6-7-3-4-8(14)5-9(7)15/h3-5H,6H2,1-2H3,(H,16,18,20). The van der Waals surface area contributed by atoms with E-state index in [2.05, 4.69) is 0 Å². The Morgan fingerprint density at radius 1 is 1.20 bits per heavy atom. The van der Waals surface area contributed by atoms with E-state index in [0.717, 1.165) is 17.0 Å². The molecule has 0 bridgehead atoms. The molecule has 1 N–H and O–H groups in total. The number of urea groups is 1. The average Bonchev–Trinajstić information content (AvgIpc) is 2.35. The molecular formula is C13H12F2N2O3. The molecule has 0 aromatic heterocycles. The Hall–Kier alpha value is -2.31. The van der Waals surface area contributed by atoms with E-state index < -0.39 is 34.9 Å². The second-order valence-electron chi connectivity index (χ2n) is 5.01. The minimum Gasteiger partial charge on any atom is -0.277 e. The van der Waals surface area contributed by atoms with Crippen LogP contribution in [0.5, 0.6) is 0 Å². The zero-order valence-electron chi connectivity index (χ0n) is 10.9. The number of benzene rings is 1. The number of amides is 4. The predicted molar refractivity (Wildman–Crippen MR) is 64.2 cm³/mol. The van der Waals surface area contributed by atoms with Crippen molar-refractivity contribution >= 4 is 17.8 Å². The smallest absolute Gasteiger partial charge is 0.277 e. The van der Waals surface area contributed by atoms with Gasteiger partial charge in [-0.3, -0.25) is 19.8 Å². The lowest BCUT2D eigenvalue weighted by molar-refractivity contribution is -0.149. The Labute approximate surface area is 113 Å². The first-order valence-corrected chi connectivity index (χ1v) is 5.85. The highest BCUT2D eigenvalue weighted by Crippen LogP contribution is 2.25. The molecule has 2 rings (SSSR count). The van der Waals surface area contributed by atoms with E-state index in [-0.39, 0.29) is 12.1 Å². The van der Waals surface area contributed by atoms with Gasteiger partial charge in [0.15, 0.2) is 0 Å². The van der Waals surface area contributed by atoms with Crippen molar-refractivity contribution in [3.63, 3.8) is 0 Å². The van der Waals surface area contributed by atoms with Gasteiger partial charge in [0.2, 0.25) is 11.8 Å². The van der Waals surface area contributed by atoms with E-state index in [0.29, 0.717) is 6.07 Å². The fourth-order valence-corrected chi connectivity index (χ4v) is 1.81. The summed E-state index contributed by atoms with van der Waals surface area (Å²) in [6.07, 6.45) is 0. The summed E-state index contributed by atoms with van der Waals surface area (Å²) in [4.78, 5) is 36.0. The maximum Gasteiger partial charge on any atom is 0.331 e. The molecule has 4 amide bonds. The summed E-state index contributed by atoms with van der Waals surface area (Å²) < 4.78 is 26.4. The number of hydrogen-bond donors (Lipinski definition) is 1. The molecule has 106 valence electrons. The molecule has 1 aliphatic rings. The van der Waals surface area contributed by atoms with Crippen molar-refractivity contribution in [2.75, 3.05) is 0 Å². The Morgan fingerprint density at radius 2 is 1.85 bits per heavy atom. The number of rotatable bonds is 2. The van der Waals surface area contributed by atoms with E-state index in [1.165, 1.54) is 13.8 Å². The Morgan fingerprint density at radius 3 is 2.45 bits per heavy atom. The van der Waals surface area contributed by atoms with Gasteiger partial charge in [0.1, 0.15) is 17.0 Å². The van der Waals surface area contributed by atoms with Crippen molar-refractivity contribution in [2.24, 2.45) is 5.41 Å². The summed E-state index contributed by atoms with van der Waals surface area (Å²) >= 11 is 0. The van der Waals surface area contributed by atoms with Crippen molar-refractivity contribution in [1.29, 1.82) is 0 Å². The van der Waals surface area contributed by atoms with Crippen molar-refractivity contribution in [3.8, 4) is 0 Å². The molecule has 0 spiro atoms. The molecule has 0 aliphatic carbocycles. The quantitative estimate of drug-likeness (QED) is 0.837. The fraction of sp³-hybridized carbons (Fsp3) is 0.308. The second kappa shape index (κ2) is 4.66. The molecule has 1 aliphatic heterocycles. The Kier molecular flexibility index (Phi) is 3.29. The highest BCUT2D eigenvalue weighted by atomic mass is 19.1. The minimum absolute atomic E-state index is 0.0138. The molecule has 0 unspecified atom stereocenters. The summed E-state index contributed by atoms with van der Waals surface area (Å²) in [5.41, 5.74) is -1.43. The van der Waals surface area contributed by atoms with Gasteiger partial charge in [-0.25, -0.2) is 13.6 Å². The van der Waals surface area contributed by atoms with Gasteiger partial charge in [-0.1, -0.05) is 6.07 Å². The SMILES string of the molecule is CC1(C)C(=O)NC(=O)N(Cc2ccc(F)cc2F)C1=O. The third kappa shape index (κ3) is 2.26. The largest absolute Gasteiger partial charge is 0.331 e. The minimum atomic E-state index is -1.41. The molecule has 0 radical (unpaired) electrons. The third-order valence-electron chi connectivity index (χ3n) is 3.16. The van der Waals surface area contributed by atoms with Crippen LogP contribution in [0.25, 0.3) is 0 Å². The van der Waals surface area contributed by atoms with Crippen LogP contribution in [0, 0.1) is 17.0 Å². The molecule has 0 atom stereocenters. The highest BCUT2D eigenvalue weighted by Gasteiger charge is 2.47. The van der Waals surface area contributed by atoms with Gasteiger partial charge in [0.25, 0.3) is 0 Å². The zero-order valence-corrected chi connectivity index (χ0v) is 10.9.